The molecule has 0 unspecified atom stereocenters. The summed E-state index contributed by atoms with van der Waals surface area (Å²) in [6, 6.07) is 1.82. The number of aromatic nitrogens is 4. The van der Waals surface area contributed by atoms with Crippen LogP contribution in [0.15, 0.2) is 24.8 Å². The molecule has 108 valence electrons. The maximum absolute atomic E-state index is 12.2. The van der Waals surface area contributed by atoms with Gasteiger partial charge in [0.25, 0.3) is 5.91 Å². The average molecular weight is 302 g/mol. The Labute approximate surface area is 124 Å². The summed E-state index contributed by atoms with van der Waals surface area (Å²) in [5, 5.41) is 7.86. The number of nitrogens with zero attached hydrogens (tertiary/aromatic N) is 4. The molecule has 0 radical (unpaired) electrons. The molecule has 1 amide bonds. The second kappa shape index (κ2) is 5.49. The molecule has 3 rings (SSSR count). The summed E-state index contributed by atoms with van der Waals surface area (Å²) in [6.45, 7) is 0.467. The molecule has 8 heteroatoms. The van der Waals surface area contributed by atoms with E-state index in [0.29, 0.717) is 29.4 Å². The number of carbonyl (C=O) groups is 1. The first-order valence-electron chi connectivity index (χ1n) is 6.40. The van der Waals surface area contributed by atoms with Crippen LogP contribution in [0.3, 0.4) is 0 Å². The van der Waals surface area contributed by atoms with Crippen molar-refractivity contribution in [1.82, 2.24) is 25.1 Å². The van der Waals surface area contributed by atoms with Crippen LogP contribution in [0.1, 0.15) is 15.5 Å². The molecular weight excluding hydrogens is 288 g/mol. The summed E-state index contributed by atoms with van der Waals surface area (Å²) in [7, 11) is 1.81. The van der Waals surface area contributed by atoms with E-state index in [-0.39, 0.29) is 5.91 Å². The van der Waals surface area contributed by atoms with Gasteiger partial charge in [-0.15, -0.1) is 11.3 Å². The topological polar surface area (TPSA) is 98.7 Å². The molecule has 0 atom stereocenters. The monoisotopic (exact) mass is 302 g/mol. The quantitative estimate of drug-likeness (QED) is 0.748. The van der Waals surface area contributed by atoms with Crippen molar-refractivity contribution < 1.29 is 4.79 Å². The van der Waals surface area contributed by atoms with Gasteiger partial charge in [0.05, 0.1) is 10.4 Å². The number of thiophene rings is 1. The molecular formula is C13H14N6OS. The van der Waals surface area contributed by atoms with Gasteiger partial charge in [-0.25, -0.2) is 4.98 Å². The molecule has 0 aliphatic carbocycles. The van der Waals surface area contributed by atoms with Crippen LogP contribution in [-0.4, -0.2) is 32.2 Å². The smallest absolute Gasteiger partial charge is 0.263 e. The number of fused-ring (bicyclic) bond motifs is 1. The van der Waals surface area contributed by atoms with Crippen LogP contribution in [-0.2, 0) is 13.5 Å². The number of anilines is 1. The largest absolute Gasteiger partial charge is 0.397 e. The highest BCUT2D eigenvalue weighted by atomic mass is 32.1. The number of nitrogen functional groups attached to an aromatic ring is 1. The Morgan fingerprint density at radius 1 is 1.52 bits per heavy atom. The molecule has 7 nitrogen and oxygen atoms in total. The lowest BCUT2D eigenvalue weighted by molar-refractivity contribution is 0.0959. The molecule has 0 aliphatic rings. The van der Waals surface area contributed by atoms with Gasteiger partial charge in [0.2, 0.25) is 0 Å². The van der Waals surface area contributed by atoms with E-state index in [1.807, 2.05) is 6.07 Å². The first-order chi connectivity index (χ1) is 10.1. The third-order valence-corrected chi connectivity index (χ3v) is 4.17. The molecule has 0 aliphatic heterocycles. The van der Waals surface area contributed by atoms with Gasteiger partial charge in [-0.3, -0.25) is 14.5 Å². The third kappa shape index (κ3) is 2.70. The highest BCUT2D eigenvalue weighted by molar-refractivity contribution is 7.21. The van der Waals surface area contributed by atoms with Crippen molar-refractivity contribution in [1.29, 1.82) is 0 Å². The second-order valence-electron chi connectivity index (χ2n) is 4.56. The summed E-state index contributed by atoms with van der Waals surface area (Å²) in [5.41, 5.74) is 6.53. The fourth-order valence-electron chi connectivity index (χ4n) is 2.01. The first kappa shape index (κ1) is 13.5. The van der Waals surface area contributed by atoms with Crippen molar-refractivity contribution in [3.05, 3.63) is 35.5 Å². The second-order valence-corrected chi connectivity index (χ2v) is 5.61. The Bertz CT molecular complexity index is 793. The van der Waals surface area contributed by atoms with Gasteiger partial charge in [0, 0.05) is 37.8 Å². The highest BCUT2D eigenvalue weighted by Gasteiger charge is 2.16. The van der Waals surface area contributed by atoms with E-state index in [1.54, 1.807) is 30.5 Å². The minimum absolute atomic E-state index is 0.176. The highest BCUT2D eigenvalue weighted by Crippen LogP contribution is 2.32. The van der Waals surface area contributed by atoms with E-state index in [4.69, 9.17) is 5.73 Å². The number of carbonyl (C=O) groups excluding carboxylic acids is 1. The van der Waals surface area contributed by atoms with Crippen LogP contribution < -0.4 is 11.1 Å². The summed E-state index contributed by atoms with van der Waals surface area (Å²) in [5.74, 6) is 0.524. The zero-order valence-electron chi connectivity index (χ0n) is 11.4. The van der Waals surface area contributed by atoms with E-state index < -0.39 is 0 Å². The molecule has 0 aromatic carbocycles. The fraction of sp³-hybridized carbons (Fsp3) is 0.231. The van der Waals surface area contributed by atoms with E-state index in [0.717, 1.165) is 10.1 Å². The lowest BCUT2D eigenvalue weighted by Crippen LogP contribution is -2.25. The molecule has 0 saturated heterocycles. The van der Waals surface area contributed by atoms with Crippen molar-refractivity contribution in [2.75, 3.05) is 12.3 Å². The van der Waals surface area contributed by atoms with E-state index >= 15 is 0 Å². The van der Waals surface area contributed by atoms with Gasteiger partial charge in [-0.05, 0) is 6.07 Å². The Balaban J connectivity index is 1.68. The summed E-state index contributed by atoms with van der Waals surface area (Å²) in [4.78, 5) is 20.8. The Morgan fingerprint density at radius 3 is 3.10 bits per heavy atom. The molecule has 3 heterocycles. The maximum atomic E-state index is 12.2. The van der Waals surface area contributed by atoms with Gasteiger partial charge < -0.3 is 11.1 Å². The van der Waals surface area contributed by atoms with Crippen molar-refractivity contribution in [2.24, 2.45) is 7.05 Å². The van der Waals surface area contributed by atoms with Gasteiger partial charge >= 0.3 is 0 Å². The number of aryl methyl sites for hydroxylation is 1. The zero-order chi connectivity index (χ0) is 14.8. The number of hydrogen-bond acceptors (Lipinski definition) is 6. The molecule has 3 aromatic rings. The van der Waals surface area contributed by atoms with Crippen LogP contribution in [0.4, 0.5) is 5.69 Å². The molecule has 0 saturated carbocycles. The molecule has 0 bridgehead atoms. The SMILES string of the molecule is Cn1cnc(CCNC(=O)c2sc3cnccc3c2N)n1. The molecule has 21 heavy (non-hydrogen) atoms. The first-order valence-corrected chi connectivity index (χ1v) is 7.21. The van der Waals surface area contributed by atoms with Crippen molar-refractivity contribution in [3.63, 3.8) is 0 Å². The maximum Gasteiger partial charge on any atom is 0.263 e. The summed E-state index contributed by atoms with van der Waals surface area (Å²) in [6.07, 6.45) is 5.60. The summed E-state index contributed by atoms with van der Waals surface area (Å²) >= 11 is 1.35. The normalized spacial score (nSPS) is 10.9. The van der Waals surface area contributed by atoms with Gasteiger partial charge in [-0.1, -0.05) is 0 Å². The number of amides is 1. The van der Waals surface area contributed by atoms with Gasteiger partial charge in [-0.2, -0.15) is 5.10 Å². The Hall–Kier alpha value is -2.48. The standard InChI is InChI=1S/C13H14N6OS/c1-19-7-17-10(18-19)3-5-16-13(20)12-11(14)8-2-4-15-6-9(8)21-12/h2,4,6-7H,3,5,14H2,1H3,(H,16,20). The van der Waals surface area contributed by atoms with E-state index in [1.165, 1.54) is 11.3 Å². The molecule has 0 spiro atoms. The number of hydrogen-bond donors (Lipinski definition) is 2. The lowest BCUT2D eigenvalue weighted by atomic mass is 10.2. The zero-order valence-corrected chi connectivity index (χ0v) is 12.2. The van der Waals surface area contributed by atoms with Gasteiger partial charge in [0.1, 0.15) is 11.2 Å². The van der Waals surface area contributed by atoms with Crippen molar-refractivity contribution >= 4 is 33.0 Å². The van der Waals surface area contributed by atoms with Crippen LogP contribution >= 0.6 is 11.3 Å². The van der Waals surface area contributed by atoms with Crippen LogP contribution in [0.5, 0.6) is 0 Å². The molecule has 3 N–H and O–H groups in total. The lowest BCUT2D eigenvalue weighted by Gasteiger charge is -2.02. The fourth-order valence-corrected chi connectivity index (χ4v) is 3.01. The number of rotatable bonds is 4. The summed E-state index contributed by atoms with van der Waals surface area (Å²) < 4.78 is 2.54. The average Bonchev–Trinajstić information content (AvgIpc) is 3.03. The van der Waals surface area contributed by atoms with Gasteiger partial charge in [0.15, 0.2) is 5.82 Å². The number of nitrogens with one attached hydrogen (secondary N) is 1. The van der Waals surface area contributed by atoms with Crippen LogP contribution in [0, 0.1) is 0 Å². The van der Waals surface area contributed by atoms with Crippen LogP contribution in [0.25, 0.3) is 10.1 Å². The molecule has 0 fully saturated rings. The number of nitrogens with two attached hydrogens (primary N) is 1. The Morgan fingerprint density at radius 2 is 2.38 bits per heavy atom. The minimum atomic E-state index is -0.176. The van der Waals surface area contributed by atoms with E-state index in [9.17, 15) is 4.79 Å². The number of pyridine rings is 1. The third-order valence-electron chi connectivity index (χ3n) is 3.02. The van der Waals surface area contributed by atoms with E-state index in [2.05, 4.69) is 20.4 Å². The Kier molecular flexibility index (Phi) is 3.53. The minimum Gasteiger partial charge on any atom is -0.397 e. The van der Waals surface area contributed by atoms with Crippen molar-refractivity contribution in [2.45, 2.75) is 6.42 Å². The van der Waals surface area contributed by atoms with Crippen LogP contribution in [0.2, 0.25) is 0 Å². The predicted molar refractivity (Wildman–Crippen MR) is 81.1 cm³/mol. The van der Waals surface area contributed by atoms with Crippen molar-refractivity contribution in [3.8, 4) is 0 Å². The predicted octanol–water partition coefficient (Wildman–Crippen LogP) is 0.980. The molecule has 3 aromatic heterocycles.